The molecule has 1 aromatic heterocycles. The summed E-state index contributed by atoms with van der Waals surface area (Å²) < 4.78 is 6.22. The lowest BCUT2D eigenvalue weighted by Gasteiger charge is -2.41. The highest BCUT2D eigenvalue weighted by Crippen LogP contribution is 2.42. The highest BCUT2D eigenvalue weighted by molar-refractivity contribution is 5.49. The molecule has 0 amide bonds. The van der Waals surface area contributed by atoms with Gasteiger partial charge in [0.15, 0.2) is 0 Å². The van der Waals surface area contributed by atoms with E-state index in [1.54, 1.807) is 19.1 Å². The minimum Gasteiger partial charge on any atom is -0.367 e. The lowest BCUT2D eigenvalue weighted by atomic mass is 9.93. The predicted octanol–water partition coefficient (Wildman–Crippen LogP) is 2.98. The second kappa shape index (κ2) is 5.56. The first-order chi connectivity index (χ1) is 11.6. The first kappa shape index (κ1) is 15.1. The molecule has 1 unspecified atom stereocenters. The van der Waals surface area contributed by atoms with Crippen LogP contribution in [0.2, 0.25) is 0 Å². The Morgan fingerprint density at radius 1 is 1.29 bits per heavy atom. The number of pyridine rings is 1. The number of hydrogen-bond donors (Lipinski definition) is 0. The number of anilines is 1. The van der Waals surface area contributed by atoms with Crippen molar-refractivity contribution >= 4 is 11.5 Å². The number of aromatic nitrogens is 1. The summed E-state index contributed by atoms with van der Waals surface area (Å²) in [5.74, 6) is 0.783. The van der Waals surface area contributed by atoms with Crippen LogP contribution < -0.4 is 4.90 Å². The molecule has 24 heavy (non-hydrogen) atoms. The molecular formula is C18H19N3O3. The van der Waals surface area contributed by atoms with E-state index in [0.29, 0.717) is 12.3 Å². The predicted molar refractivity (Wildman–Crippen MR) is 90.2 cm³/mol. The van der Waals surface area contributed by atoms with E-state index in [1.165, 1.54) is 11.1 Å². The first-order valence-electron chi connectivity index (χ1n) is 8.18. The van der Waals surface area contributed by atoms with Gasteiger partial charge in [0.1, 0.15) is 17.1 Å². The monoisotopic (exact) mass is 325 g/mol. The standard InChI is InChI=1S/C18H19N3O3/c1-13-16(21(22)23)6-7-17(19-13)20-10-11-24-18(12-20)9-8-14-4-2-3-5-15(14)18/h2-7H,8-12H2,1H3. The molecule has 124 valence electrons. The van der Waals surface area contributed by atoms with Gasteiger partial charge in [-0.1, -0.05) is 24.3 Å². The van der Waals surface area contributed by atoms with Crippen molar-refractivity contribution in [3.05, 3.63) is 63.3 Å². The highest BCUT2D eigenvalue weighted by Gasteiger charge is 2.43. The SMILES string of the molecule is Cc1nc(N2CCOC3(CCc4ccccc43)C2)ccc1[N+](=O)[O-]. The Morgan fingerprint density at radius 2 is 2.12 bits per heavy atom. The maximum Gasteiger partial charge on any atom is 0.290 e. The third kappa shape index (κ3) is 2.34. The average Bonchev–Trinajstić information content (AvgIpc) is 2.93. The summed E-state index contributed by atoms with van der Waals surface area (Å²) in [6.07, 6.45) is 1.99. The maximum atomic E-state index is 11.0. The number of morpholine rings is 1. The number of aryl methyl sites for hydroxylation is 2. The minimum absolute atomic E-state index is 0.0629. The summed E-state index contributed by atoms with van der Waals surface area (Å²) in [5.41, 5.74) is 2.85. The molecule has 2 aromatic rings. The molecule has 1 saturated heterocycles. The van der Waals surface area contributed by atoms with E-state index in [2.05, 4.69) is 34.1 Å². The van der Waals surface area contributed by atoms with Gasteiger partial charge >= 0.3 is 0 Å². The Hall–Kier alpha value is -2.47. The smallest absolute Gasteiger partial charge is 0.290 e. The second-order valence-corrected chi connectivity index (χ2v) is 6.45. The van der Waals surface area contributed by atoms with Gasteiger partial charge in [0, 0.05) is 12.6 Å². The summed E-state index contributed by atoms with van der Waals surface area (Å²) in [4.78, 5) is 17.2. The van der Waals surface area contributed by atoms with Gasteiger partial charge in [-0.05, 0) is 37.0 Å². The zero-order valence-electron chi connectivity index (χ0n) is 13.6. The first-order valence-corrected chi connectivity index (χ1v) is 8.18. The number of nitro groups is 1. The number of rotatable bonds is 2. The van der Waals surface area contributed by atoms with Crippen LogP contribution in [0.1, 0.15) is 23.2 Å². The maximum absolute atomic E-state index is 11.0. The van der Waals surface area contributed by atoms with Crippen LogP contribution in [0.4, 0.5) is 11.5 Å². The zero-order valence-corrected chi connectivity index (χ0v) is 13.6. The van der Waals surface area contributed by atoms with Gasteiger partial charge in [-0.2, -0.15) is 0 Å². The van der Waals surface area contributed by atoms with E-state index >= 15 is 0 Å². The number of ether oxygens (including phenoxy) is 1. The normalized spacial score (nSPS) is 22.6. The second-order valence-electron chi connectivity index (χ2n) is 6.45. The Bertz CT molecular complexity index is 804. The molecule has 1 spiro atoms. The molecule has 1 atom stereocenters. The largest absolute Gasteiger partial charge is 0.367 e. The Morgan fingerprint density at radius 3 is 2.92 bits per heavy atom. The highest BCUT2D eigenvalue weighted by atomic mass is 16.6. The molecule has 1 fully saturated rings. The van der Waals surface area contributed by atoms with Crippen LogP contribution in [0, 0.1) is 17.0 Å². The van der Waals surface area contributed by atoms with Crippen molar-refractivity contribution in [1.82, 2.24) is 4.98 Å². The fourth-order valence-corrected chi connectivity index (χ4v) is 3.86. The molecule has 6 heteroatoms. The van der Waals surface area contributed by atoms with E-state index in [4.69, 9.17) is 4.74 Å². The number of fused-ring (bicyclic) bond motifs is 2. The summed E-state index contributed by atoms with van der Waals surface area (Å²) >= 11 is 0. The number of nitrogens with zero attached hydrogens (tertiary/aromatic N) is 3. The summed E-state index contributed by atoms with van der Waals surface area (Å²) in [6, 6.07) is 11.7. The van der Waals surface area contributed by atoms with Crippen LogP contribution in [0.5, 0.6) is 0 Å². The number of hydrogen-bond acceptors (Lipinski definition) is 5. The van der Waals surface area contributed by atoms with Crippen molar-refractivity contribution in [2.45, 2.75) is 25.4 Å². The molecule has 2 aliphatic rings. The molecule has 2 heterocycles. The van der Waals surface area contributed by atoms with Crippen LogP contribution in [-0.4, -0.2) is 29.6 Å². The molecule has 4 rings (SSSR count). The zero-order chi connectivity index (χ0) is 16.7. The van der Waals surface area contributed by atoms with E-state index in [1.807, 2.05) is 0 Å². The fraction of sp³-hybridized carbons (Fsp3) is 0.389. The lowest BCUT2D eigenvalue weighted by molar-refractivity contribution is -0.385. The van der Waals surface area contributed by atoms with Gasteiger partial charge in [0.25, 0.3) is 5.69 Å². The van der Waals surface area contributed by atoms with Gasteiger partial charge in [0.05, 0.1) is 18.1 Å². The third-order valence-corrected chi connectivity index (χ3v) is 5.06. The topological polar surface area (TPSA) is 68.5 Å². The van der Waals surface area contributed by atoms with Crippen LogP contribution in [-0.2, 0) is 16.8 Å². The van der Waals surface area contributed by atoms with Gasteiger partial charge < -0.3 is 9.64 Å². The Kier molecular flexibility index (Phi) is 3.49. The number of benzene rings is 1. The quantitative estimate of drug-likeness (QED) is 0.627. The van der Waals surface area contributed by atoms with Crippen molar-refractivity contribution in [1.29, 1.82) is 0 Å². The lowest BCUT2D eigenvalue weighted by Crippen LogP contribution is -2.49. The molecular weight excluding hydrogens is 306 g/mol. The van der Waals surface area contributed by atoms with Crippen molar-refractivity contribution in [2.75, 3.05) is 24.6 Å². The molecule has 0 bridgehead atoms. The van der Waals surface area contributed by atoms with Crippen LogP contribution in [0.25, 0.3) is 0 Å². The molecule has 0 radical (unpaired) electrons. The Balaban J connectivity index is 1.65. The van der Waals surface area contributed by atoms with Crippen molar-refractivity contribution < 1.29 is 9.66 Å². The molecule has 1 aliphatic carbocycles. The molecule has 1 aromatic carbocycles. The van der Waals surface area contributed by atoms with Gasteiger partial charge in [0.2, 0.25) is 0 Å². The van der Waals surface area contributed by atoms with Crippen LogP contribution in [0.15, 0.2) is 36.4 Å². The fourth-order valence-electron chi connectivity index (χ4n) is 3.86. The van der Waals surface area contributed by atoms with Gasteiger partial charge in [-0.15, -0.1) is 0 Å². The van der Waals surface area contributed by atoms with E-state index in [0.717, 1.165) is 31.7 Å². The third-order valence-electron chi connectivity index (χ3n) is 5.06. The van der Waals surface area contributed by atoms with E-state index < -0.39 is 0 Å². The van der Waals surface area contributed by atoms with Crippen LogP contribution in [0.3, 0.4) is 0 Å². The van der Waals surface area contributed by atoms with Crippen LogP contribution >= 0.6 is 0 Å². The van der Waals surface area contributed by atoms with E-state index in [9.17, 15) is 10.1 Å². The van der Waals surface area contributed by atoms with Crippen molar-refractivity contribution in [2.24, 2.45) is 0 Å². The molecule has 0 N–H and O–H groups in total. The average molecular weight is 325 g/mol. The Labute approximate surface area is 140 Å². The van der Waals surface area contributed by atoms with Gasteiger partial charge in [-0.3, -0.25) is 10.1 Å². The van der Waals surface area contributed by atoms with E-state index in [-0.39, 0.29) is 16.2 Å². The molecule has 6 nitrogen and oxygen atoms in total. The summed E-state index contributed by atoms with van der Waals surface area (Å²) in [6.45, 7) is 3.79. The summed E-state index contributed by atoms with van der Waals surface area (Å²) in [5, 5.41) is 11.0. The molecule has 1 aliphatic heterocycles. The van der Waals surface area contributed by atoms with Crippen molar-refractivity contribution in [3.8, 4) is 0 Å². The van der Waals surface area contributed by atoms with Crippen molar-refractivity contribution in [3.63, 3.8) is 0 Å². The molecule has 0 saturated carbocycles. The minimum atomic E-state index is -0.389. The summed E-state index contributed by atoms with van der Waals surface area (Å²) in [7, 11) is 0. The van der Waals surface area contributed by atoms with Gasteiger partial charge in [-0.25, -0.2) is 4.98 Å².